The molecule has 0 saturated heterocycles. The highest BCUT2D eigenvalue weighted by Gasteiger charge is 2.18. The molecule has 1 N–H and O–H groups in total. The lowest BCUT2D eigenvalue weighted by Crippen LogP contribution is -2.18. The van der Waals surface area contributed by atoms with E-state index in [1.807, 2.05) is 0 Å². The van der Waals surface area contributed by atoms with E-state index in [-0.39, 0.29) is 6.10 Å². The third kappa shape index (κ3) is 2.04. The molecule has 0 fully saturated rings. The number of aliphatic hydroxyl groups excluding tert-OH is 1. The predicted molar refractivity (Wildman–Crippen MR) is 76.0 cm³/mol. The molecule has 0 radical (unpaired) electrons. The van der Waals surface area contributed by atoms with Crippen molar-refractivity contribution in [3.8, 4) is 0 Å². The molecule has 1 nitrogen and oxygen atoms in total. The Morgan fingerprint density at radius 2 is 2.11 bits per heavy atom. The largest absolute Gasteiger partial charge is 0.393 e. The van der Waals surface area contributed by atoms with Crippen LogP contribution in [0.25, 0.3) is 10.8 Å². The minimum absolute atomic E-state index is 0.144. The molecule has 0 aromatic heterocycles. The molecule has 2 aromatic rings. The zero-order chi connectivity index (χ0) is 12.5. The summed E-state index contributed by atoms with van der Waals surface area (Å²) in [7, 11) is 0. The Balaban J connectivity index is 2.10. The minimum Gasteiger partial charge on any atom is -0.393 e. The summed E-state index contributed by atoms with van der Waals surface area (Å²) >= 11 is 0. The van der Waals surface area contributed by atoms with Crippen LogP contribution in [0.1, 0.15) is 36.5 Å². The van der Waals surface area contributed by atoms with E-state index >= 15 is 0 Å². The molecular weight excluding hydrogens is 220 g/mol. The van der Waals surface area contributed by atoms with Gasteiger partial charge in [0.2, 0.25) is 0 Å². The second-order valence-electron chi connectivity index (χ2n) is 5.41. The molecule has 1 heteroatoms. The molecule has 1 aliphatic carbocycles. The van der Waals surface area contributed by atoms with Crippen LogP contribution in [-0.2, 0) is 19.3 Å². The van der Waals surface area contributed by atoms with E-state index in [0.717, 1.165) is 25.7 Å². The van der Waals surface area contributed by atoms with Crippen LogP contribution in [0, 0.1) is 0 Å². The molecule has 0 amide bonds. The summed E-state index contributed by atoms with van der Waals surface area (Å²) in [5, 5.41) is 12.5. The Kier molecular flexibility index (Phi) is 3.09. The summed E-state index contributed by atoms with van der Waals surface area (Å²) in [6, 6.07) is 11.3. The highest BCUT2D eigenvalue weighted by Crippen LogP contribution is 2.29. The number of aryl methyl sites for hydroxylation is 2. The van der Waals surface area contributed by atoms with Crippen molar-refractivity contribution in [1.82, 2.24) is 0 Å². The Morgan fingerprint density at radius 3 is 2.94 bits per heavy atom. The second-order valence-corrected chi connectivity index (χ2v) is 5.41. The fourth-order valence-electron chi connectivity index (χ4n) is 3.09. The van der Waals surface area contributed by atoms with E-state index in [1.165, 1.54) is 33.9 Å². The fourth-order valence-corrected chi connectivity index (χ4v) is 3.09. The van der Waals surface area contributed by atoms with Gasteiger partial charge in [-0.1, -0.05) is 43.7 Å². The number of rotatable bonds is 2. The second kappa shape index (κ2) is 4.74. The Hall–Kier alpha value is -1.34. The standard InChI is InChI=1S/C17H20O/c1-2-3-12-4-8-16-13(10-12)5-6-14-11-15(18)7-9-17(14)16/h4-6,8,10,15,18H,2-3,7,9,11H2,1H3. The summed E-state index contributed by atoms with van der Waals surface area (Å²) in [6.07, 6.45) is 4.95. The SMILES string of the molecule is CCCc1ccc2c3c(ccc2c1)CC(O)CC3. The van der Waals surface area contributed by atoms with E-state index in [2.05, 4.69) is 37.3 Å². The molecular formula is C17H20O. The smallest absolute Gasteiger partial charge is 0.0583 e. The van der Waals surface area contributed by atoms with Gasteiger partial charge in [0.15, 0.2) is 0 Å². The van der Waals surface area contributed by atoms with Crippen molar-refractivity contribution in [2.75, 3.05) is 0 Å². The number of aliphatic hydroxyl groups is 1. The predicted octanol–water partition coefficient (Wildman–Crippen LogP) is 3.64. The van der Waals surface area contributed by atoms with Gasteiger partial charge < -0.3 is 5.11 Å². The van der Waals surface area contributed by atoms with Crippen LogP contribution >= 0.6 is 0 Å². The van der Waals surface area contributed by atoms with Crippen molar-refractivity contribution in [2.45, 2.75) is 45.1 Å². The number of hydrogen-bond donors (Lipinski definition) is 1. The maximum absolute atomic E-state index is 9.74. The fraction of sp³-hybridized carbons (Fsp3) is 0.412. The molecule has 3 rings (SSSR count). The first-order chi connectivity index (χ1) is 8.78. The van der Waals surface area contributed by atoms with Gasteiger partial charge in [0.1, 0.15) is 0 Å². The number of fused-ring (bicyclic) bond motifs is 3. The quantitative estimate of drug-likeness (QED) is 0.849. The lowest BCUT2D eigenvalue weighted by Gasteiger charge is -2.22. The van der Waals surface area contributed by atoms with Crippen LogP contribution in [-0.4, -0.2) is 11.2 Å². The molecule has 2 aromatic carbocycles. The lowest BCUT2D eigenvalue weighted by molar-refractivity contribution is 0.159. The minimum atomic E-state index is -0.144. The van der Waals surface area contributed by atoms with Crippen LogP contribution in [0.15, 0.2) is 30.3 Å². The van der Waals surface area contributed by atoms with Crippen LogP contribution in [0.3, 0.4) is 0 Å². The average molecular weight is 240 g/mol. The van der Waals surface area contributed by atoms with E-state index < -0.39 is 0 Å². The normalized spacial score (nSPS) is 18.9. The Bertz CT molecular complexity index is 571. The van der Waals surface area contributed by atoms with E-state index in [9.17, 15) is 5.11 Å². The summed E-state index contributed by atoms with van der Waals surface area (Å²) in [6.45, 7) is 2.22. The van der Waals surface area contributed by atoms with Gasteiger partial charge in [-0.3, -0.25) is 0 Å². The van der Waals surface area contributed by atoms with Crippen LogP contribution < -0.4 is 0 Å². The average Bonchev–Trinajstić information content (AvgIpc) is 2.38. The third-order valence-corrected chi connectivity index (χ3v) is 4.01. The molecule has 0 bridgehead atoms. The molecule has 18 heavy (non-hydrogen) atoms. The van der Waals surface area contributed by atoms with Gasteiger partial charge in [-0.2, -0.15) is 0 Å². The molecule has 94 valence electrons. The van der Waals surface area contributed by atoms with Gasteiger partial charge >= 0.3 is 0 Å². The summed E-state index contributed by atoms with van der Waals surface area (Å²) in [5.74, 6) is 0. The van der Waals surface area contributed by atoms with Crippen molar-refractivity contribution >= 4 is 10.8 Å². The molecule has 1 aliphatic rings. The zero-order valence-electron chi connectivity index (χ0n) is 10.9. The maximum atomic E-state index is 9.74. The van der Waals surface area contributed by atoms with Crippen LogP contribution in [0.5, 0.6) is 0 Å². The topological polar surface area (TPSA) is 20.2 Å². The van der Waals surface area contributed by atoms with Crippen molar-refractivity contribution in [3.63, 3.8) is 0 Å². The summed E-state index contributed by atoms with van der Waals surface area (Å²) in [5.41, 5.74) is 4.23. The first-order valence-corrected chi connectivity index (χ1v) is 6.99. The molecule has 0 aliphatic heterocycles. The monoisotopic (exact) mass is 240 g/mol. The molecule has 0 saturated carbocycles. The van der Waals surface area contributed by atoms with Gasteiger partial charge in [-0.05, 0) is 53.1 Å². The van der Waals surface area contributed by atoms with Gasteiger partial charge in [-0.15, -0.1) is 0 Å². The molecule has 0 heterocycles. The van der Waals surface area contributed by atoms with Crippen molar-refractivity contribution in [3.05, 3.63) is 47.0 Å². The molecule has 0 spiro atoms. The molecule has 1 atom stereocenters. The van der Waals surface area contributed by atoms with E-state index in [0.29, 0.717) is 0 Å². The number of benzene rings is 2. The highest BCUT2D eigenvalue weighted by molar-refractivity contribution is 5.87. The van der Waals surface area contributed by atoms with Gasteiger partial charge in [0.25, 0.3) is 0 Å². The third-order valence-electron chi connectivity index (χ3n) is 4.01. The Morgan fingerprint density at radius 1 is 1.22 bits per heavy atom. The van der Waals surface area contributed by atoms with Gasteiger partial charge in [-0.25, -0.2) is 0 Å². The van der Waals surface area contributed by atoms with Crippen LogP contribution in [0.4, 0.5) is 0 Å². The number of hydrogen-bond acceptors (Lipinski definition) is 1. The Labute approximate surface area is 108 Å². The summed E-state index contributed by atoms with van der Waals surface area (Å²) in [4.78, 5) is 0. The van der Waals surface area contributed by atoms with Gasteiger partial charge in [0.05, 0.1) is 6.10 Å². The molecule has 1 unspecified atom stereocenters. The van der Waals surface area contributed by atoms with Crippen molar-refractivity contribution in [2.24, 2.45) is 0 Å². The lowest BCUT2D eigenvalue weighted by atomic mass is 9.86. The van der Waals surface area contributed by atoms with Crippen molar-refractivity contribution < 1.29 is 5.11 Å². The van der Waals surface area contributed by atoms with E-state index in [1.54, 1.807) is 0 Å². The summed E-state index contributed by atoms with van der Waals surface area (Å²) < 4.78 is 0. The van der Waals surface area contributed by atoms with E-state index in [4.69, 9.17) is 0 Å². The zero-order valence-corrected chi connectivity index (χ0v) is 10.9. The highest BCUT2D eigenvalue weighted by atomic mass is 16.3. The maximum Gasteiger partial charge on any atom is 0.0583 e. The first kappa shape index (κ1) is 11.7. The van der Waals surface area contributed by atoms with Gasteiger partial charge in [0, 0.05) is 0 Å². The van der Waals surface area contributed by atoms with Crippen LogP contribution in [0.2, 0.25) is 0 Å². The first-order valence-electron chi connectivity index (χ1n) is 6.99. The van der Waals surface area contributed by atoms with Crippen molar-refractivity contribution in [1.29, 1.82) is 0 Å².